The van der Waals surface area contributed by atoms with E-state index in [4.69, 9.17) is 4.74 Å². The van der Waals surface area contributed by atoms with E-state index in [2.05, 4.69) is 5.32 Å². The van der Waals surface area contributed by atoms with Crippen molar-refractivity contribution in [1.82, 2.24) is 10.2 Å². The van der Waals surface area contributed by atoms with E-state index < -0.39 is 0 Å². The molecule has 1 atom stereocenters. The molecule has 5 nitrogen and oxygen atoms in total. The van der Waals surface area contributed by atoms with Crippen LogP contribution in [0.5, 0.6) is 0 Å². The van der Waals surface area contributed by atoms with E-state index in [0.29, 0.717) is 12.3 Å². The Morgan fingerprint density at radius 2 is 2.00 bits per heavy atom. The van der Waals surface area contributed by atoms with Gasteiger partial charge in [0, 0.05) is 17.7 Å². The minimum atomic E-state index is -0.354. The SMILES string of the molecule is CC(C)(C)NC(=O)C[C@@H]1CSCN1C(=O)OCc1ccccc1. The summed E-state index contributed by atoms with van der Waals surface area (Å²) in [7, 11) is 0. The molecule has 0 saturated carbocycles. The van der Waals surface area contributed by atoms with Gasteiger partial charge in [-0.25, -0.2) is 4.79 Å². The van der Waals surface area contributed by atoms with Crippen molar-refractivity contribution in [3.05, 3.63) is 35.9 Å². The van der Waals surface area contributed by atoms with E-state index >= 15 is 0 Å². The zero-order chi connectivity index (χ0) is 16.9. The van der Waals surface area contributed by atoms with Crippen LogP contribution >= 0.6 is 11.8 Å². The molecule has 0 unspecified atom stereocenters. The van der Waals surface area contributed by atoms with Crippen LogP contribution in [0.15, 0.2) is 30.3 Å². The first-order valence-electron chi connectivity index (χ1n) is 7.71. The first kappa shape index (κ1) is 17.7. The molecule has 1 aliphatic rings. The number of ether oxygens (including phenoxy) is 1. The molecule has 0 radical (unpaired) electrons. The summed E-state index contributed by atoms with van der Waals surface area (Å²) in [6.07, 6.45) is -0.0440. The second-order valence-corrected chi connectivity index (χ2v) is 7.67. The summed E-state index contributed by atoms with van der Waals surface area (Å²) in [4.78, 5) is 26.0. The average Bonchev–Trinajstić information content (AvgIpc) is 2.92. The van der Waals surface area contributed by atoms with Crippen LogP contribution in [-0.4, -0.2) is 40.1 Å². The Morgan fingerprint density at radius 1 is 1.30 bits per heavy atom. The molecule has 1 aliphatic heterocycles. The number of thioether (sulfide) groups is 1. The lowest BCUT2D eigenvalue weighted by molar-refractivity contribution is -0.123. The third-order valence-corrected chi connectivity index (χ3v) is 4.44. The lowest BCUT2D eigenvalue weighted by Crippen LogP contribution is -2.45. The van der Waals surface area contributed by atoms with Crippen molar-refractivity contribution in [3.63, 3.8) is 0 Å². The van der Waals surface area contributed by atoms with E-state index in [1.54, 1.807) is 16.7 Å². The maximum Gasteiger partial charge on any atom is 0.411 e. The molecule has 2 rings (SSSR count). The van der Waals surface area contributed by atoms with Crippen molar-refractivity contribution in [3.8, 4) is 0 Å². The van der Waals surface area contributed by atoms with Crippen molar-refractivity contribution in [2.75, 3.05) is 11.6 Å². The number of amides is 2. The van der Waals surface area contributed by atoms with E-state index in [9.17, 15) is 9.59 Å². The molecule has 1 fully saturated rings. The summed E-state index contributed by atoms with van der Waals surface area (Å²) >= 11 is 1.65. The van der Waals surface area contributed by atoms with Crippen LogP contribution in [-0.2, 0) is 16.1 Å². The Labute approximate surface area is 141 Å². The van der Waals surface area contributed by atoms with Gasteiger partial charge in [-0.15, -0.1) is 11.8 Å². The van der Waals surface area contributed by atoms with Crippen LogP contribution in [0.1, 0.15) is 32.8 Å². The Hall–Kier alpha value is -1.69. The molecule has 1 heterocycles. The maximum absolute atomic E-state index is 12.3. The smallest absolute Gasteiger partial charge is 0.411 e. The molecule has 0 bridgehead atoms. The van der Waals surface area contributed by atoms with Crippen LogP contribution in [0.3, 0.4) is 0 Å². The minimum Gasteiger partial charge on any atom is -0.445 e. The highest BCUT2D eigenvalue weighted by atomic mass is 32.2. The van der Waals surface area contributed by atoms with Crippen LogP contribution in [0, 0.1) is 0 Å². The molecule has 0 spiro atoms. The predicted octanol–water partition coefficient (Wildman–Crippen LogP) is 3.00. The van der Waals surface area contributed by atoms with Crippen LogP contribution in [0.25, 0.3) is 0 Å². The first-order chi connectivity index (χ1) is 10.8. The quantitative estimate of drug-likeness (QED) is 0.918. The molecule has 126 valence electrons. The van der Waals surface area contributed by atoms with Gasteiger partial charge in [0.05, 0.1) is 11.9 Å². The van der Waals surface area contributed by atoms with Crippen LogP contribution < -0.4 is 5.32 Å². The van der Waals surface area contributed by atoms with E-state index in [-0.39, 0.29) is 30.2 Å². The van der Waals surface area contributed by atoms with Gasteiger partial charge in [0.25, 0.3) is 0 Å². The molecule has 1 N–H and O–H groups in total. The van der Waals surface area contributed by atoms with Crippen molar-refractivity contribution in [2.24, 2.45) is 0 Å². The van der Waals surface area contributed by atoms with Crippen molar-refractivity contribution < 1.29 is 14.3 Å². The van der Waals surface area contributed by atoms with Crippen molar-refractivity contribution in [1.29, 1.82) is 0 Å². The fourth-order valence-corrected chi connectivity index (χ4v) is 3.53. The van der Waals surface area contributed by atoms with E-state index in [1.165, 1.54) is 0 Å². The molecule has 23 heavy (non-hydrogen) atoms. The second-order valence-electron chi connectivity index (χ2n) is 6.67. The molecular formula is C17H24N2O3S. The topological polar surface area (TPSA) is 58.6 Å². The van der Waals surface area contributed by atoms with Gasteiger partial charge < -0.3 is 10.1 Å². The molecule has 1 aromatic rings. The summed E-state index contributed by atoms with van der Waals surface area (Å²) in [5.41, 5.74) is 0.691. The van der Waals surface area contributed by atoms with Gasteiger partial charge in [-0.1, -0.05) is 30.3 Å². The van der Waals surface area contributed by atoms with Gasteiger partial charge in [0.15, 0.2) is 0 Å². The van der Waals surface area contributed by atoms with Crippen molar-refractivity contribution in [2.45, 2.75) is 45.4 Å². The largest absolute Gasteiger partial charge is 0.445 e. The Bertz CT molecular complexity index is 543. The predicted molar refractivity (Wildman–Crippen MR) is 92.1 cm³/mol. The Kier molecular flexibility index (Phi) is 5.93. The number of nitrogens with one attached hydrogen (secondary N) is 1. The normalized spacial score (nSPS) is 17.9. The van der Waals surface area contributed by atoms with Crippen molar-refractivity contribution >= 4 is 23.8 Å². The maximum atomic E-state index is 12.3. The molecule has 0 aliphatic carbocycles. The van der Waals surface area contributed by atoms with Gasteiger partial charge in [0.1, 0.15) is 6.61 Å². The zero-order valence-corrected chi connectivity index (χ0v) is 14.7. The Balaban J connectivity index is 1.85. The summed E-state index contributed by atoms with van der Waals surface area (Å²) in [5, 5.41) is 2.94. The second kappa shape index (κ2) is 7.73. The number of hydrogen-bond acceptors (Lipinski definition) is 4. The lowest BCUT2D eigenvalue weighted by atomic mass is 10.1. The summed E-state index contributed by atoms with van der Waals surface area (Å²) in [6, 6.07) is 9.47. The highest BCUT2D eigenvalue weighted by Gasteiger charge is 2.32. The number of carbonyl (C=O) groups is 2. The highest BCUT2D eigenvalue weighted by molar-refractivity contribution is 7.99. The molecule has 6 heteroatoms. The molecule has 1 saturated heterocycles. The lowest BCUT2D eigenvalue weighted by Gasteiger charge is -2.25. The monoisotopic (exact) mass is 336 g/mol. The number of rotatable bonds is 4. The fourth-order valence-electron chi connectivity index (χ4n) is 2.34. The van der Waals surface area contributed by atoms with Gasteiger partial charge in [0.2, 0.25) is 5.91 Å². The van der Waals surface area contributed by atoms with E-state index in [1.807, 2.05) is 51.1 Å². The van der Waals surface area contributed by atoms with Gasteiger partial charge in [-0.05, 0) is 26.3 Å². The summed E-state index contributed by atoms with van der Waals surface area (Å²) in [6.45, 7) is 6.09. The fraction of sp³-hybridized carbons (Fsp3) is 0.529. The Morgan fingerprint density at radius 3 is 2.65 bits per heavy atom. The third kappa shape index (κ3) is 5.78. The van der Waals surface area contributed by atoms with Crippen LogP contribution in [0.4, 0.5) is 4.79 Å². The molecule has 2 amide bonds. The minimum absolute atomic E-state index is 0.0362. The van der Waals surface area contributed by atoms with Gasteiger partial charge in [-0.2, -0.15) is 0 Å². The highest BCUT2D eigenvalue weighted by Crippen LogP contribution is 2.24. The van der Waals surface area contributed by atoms with E-state index in [0.717, 1.165) is 11.3 Å². The van der Waals surface area contributed by atoms with Gasteiger partial charge in [-0.3, -0.25) is 9.69 Å². The summed E-state index contributed by atoms with van der Waals surface area (Å²) in [5.74, 6) is 1.30. The average molecular weight is 336 g/mol. The number of carbonyl (C=O) groups excluding carboxylic acids is 2. The zero-order valence-electron chi connectivity index (χ0n) is 13.9. The molecule has 1 aromatic carbocycles. The number of benzene rings is 1. The van der Waals surface area contributed by atoms with Gasteiger partial charge >= 0.3 is 6.09 Å². The standard InChI is InChI=1S/C17H24N2O3S/c1-17(2,3)18-15(20)9-14-11-23-12-19(14)16(21)22-10-13-7-5-4-6-8-13/h4-8,14H,9-12H2,1-3H3,(H,18,20)/t14-/m1/s1. The summed E-state index contributed by atoms with van der Waals surface area (Å²) < 4.78 is 5.37. The number of nitrogens with zero attached hydrogens (tertiary/aromatic N) is 1. The molecular weight excluding hydrogens is 312 g/mol. The number of hydrogen-bond donors (Lipinski definition) is 1. The third-order valence-electron chi connectivity index (χ3n) is 3.36. The first-order valence-corrected chi connectivity index (χ1v) is 8.87. The molecule has 0 aromatic heterocycles. The van der Waals surface area contributed by atoms with Crippen LogP contribution in [0.2, 0.25) is 0 Å².